The summed E-state index contributed by atoms with van der Waals surface area (Å²) in [6.07, 6.45) is 0.0972. The highest BCUT2D eigenvalue weighted by molar-refractivity contribution is 6.33. The summed E-state index contributed by atoms with van der Waals surface area (Å²) >= 11 is 6.20. The summed E-state index contributed by atoms with van der Waals surface area (Å²) in [4.78, 5) is 40.4. The third-order valence-corrected chi connectivity index (χ3v) is 5.74. The van der Waals surface area contributed by atoms with Crippen LogP contribution in [0.15, 0.2) is 48.5 Å². The van der Waals surface area contributed by atoms with Crippen LogP contribution in [0.4, 0.5) is 5.69 Å². The lowest BCUT2D eigenvalue weighted by Gasteiger charge is -2.34. The van der Waals surface area contributed by atoms with Crippen LogP contribution in [0.5, 0.6) is 0 Å². The SMILES string of the molecule is O=C(O)C1CN(C(=O)C2CC(=O)N(c3ccccc3Cl)C2)Cc2ccccc21. The molecule has 0 bridgehead atoms. The Bertz CT molecular complexity index is 961. The van der Waals surface area contributed by atoms with Crippen LogP contribution in [0.3, 0.4) is 0 Å². The van der Waals surface area contributed by atoms with E-state index in [1.807, 2.05) is 18.2 Å². The van der Waals surface area contributed by atoms with Crippen LogP contribution in [0.1, 0.15) is 23.5 Å². The smallest absolute Gasteiger partial charge is 0.312 e. The summed E-state index contributed by atoms with van der Waals surface area (Å²) in [6.45, 7) is 0.717. The van der Waals surface area contributed by atoms with Gasteiger partial charge in [0.2, 0.25) is 11.8 Å². The zero-order chi connectivity index (χ0) is 19.8. The van der Waals surface area contributed by atoms with Crippen molar-refractivity contribution in [1.29, 1.82) is 0 Å². The van der Waals surface area contributed by atoms with Crippen molar-refractivity contribution in [2.45, 2.75) is 18.9 Å². The van der Waals surface area contributed by atoms with E-state index in [-0.39, 0.29) is 31.3 Å². The highest BCUT2D eigenvalue weighted by atomic mass is 35.5. The van der Waals surface area contributed by atoms with Gasteiger partial charge in [-0.2, -0.15) is 0 Å². The number of fused-ring (bicyclic) bond motifs is 1. The number of halogens is 1. The lowest BCUT2D eigenvalue weighted by atomic mass is 9.89. The van der Waals surface area contributed by atoms with Crippen molar-refractivity contribution in [3.05, 3.63) is 64.7 Å². The largest absolute Gasteiger partial charge is 0.481 e. The first-order valence-corrected chi connectivity index (χ1v) is 9.48. The van der Waals surface area contributed by atoms with Crippen molar-refractivity contribution in [2.24, 2.45) is 5.92 Å². The second kappa shape index (κ2) is 7.28. The molecule has 1 saturated heterocycles. The molecule has 2 aromatic rings. The molecule has 4 rings (SSSR count). The molecule has 144 valence electrons. The molecule has 6 nitrogen and oxygen atoms in total. The van der Waals surface area contributed by atoms with E-state index < -0.39 is 17.8 Å². The van der Waals surface area contributed by atoms with Gasteiger partial charge in [-0.15, -0.1) is 0 Å². The number of rotatable bonds is 3. The number of carboxylic acids is 1. The molecule has 1 fully saturated rings. The summed E-state index contributed by atoms with van der Waals surface area (Å²) in [7, 11) is 0. The Balaban J connectivity index is 1.55. The molecule has 2 aromatic carbocycles. The second-order valence-electron chi connectivity index (χ2n) is 7.17. The predicted molar refractivity (Wildman–Crippen MR) is 104 cm³/mol. The Labute approximate surface area is 167 Å². The molecule has 2 atom stereocenters. The Morgan fingerprint density at radius 2 is 1.75 bits per heavy atom. The normalized spacial score (nSPS) is 21.5. The second-order valence-corrected chi connectivity index (χ2v) is 7.57. The minimum absolute atomic E-state index is 0.0972. The average molecular weight is 399 g/mol. The molecule has 2 aliphatic rings. The summed E-state index contributed by atoms with van der Waals surface area (Å²) in [5, 5.41) is 10.1. The number of amides is 2. The van der Waals surface area contributed by atoms with Crippen molar-refractivity contribution in [3.63, 3.8) is 0 Å². The molecule has 2 amide bonds. The molecule has 0 radical (unpaired) electrons. The fourth-order valence-electron chi connectivity index (χ4n) is 4.02. The molecule has 2 unspecified atom stereocenters. The Hall–Kier alpha value is -2.86. The van der Waals surface area contributed by atoms with Crippen molar-refractivity contribution >= 4 is 35.1 Å². The first-order chi connectivity index (χ1) is 13.5. The van der Waals surface area contributed by atoms with Gasteiger partial charge in [0.05, 0.1) is 22.5 Å². The number of hydrogen-bond acceptors (Lipinski definition) is 3. The van der Waals surface area contributed by atoms with Crippen LogP contribution in [-0.2, 0) is 20.9 Å². The van der Waals surface area contributed by atoms with E-state index in [1.54, 1.807) is 35.2 Å². The standard InChI is InChI=1S/C21H19ClN2O4/c22-17-7-3-4-8-18(17)24-11-14(9-19(24)25)20(26)23-10-13-5-1-2-6-15(13)16(12-23)21(27)28/h1-8,14,16H,9-12H2,(H,27,28). The highest BCUT2D eigenvalue weighted by Gasteiger charge is 2.40. The topological polar surface area (TPSA) is 77.9 Å². The number of carboxylic acid groups (broad SMARTS) is 1. The van der Waals surface area contributed by atoms with Gasteiger partial charge in [-0.25, -0.2) is 0 Å². The Morgan fingerprint density at radius 3 is 2.50 bits per heavy atom. The van der Waals surface area contributed by atoms with Crippen molar-refractivity contribution in [3.8, 4) is 0 Å². The lowest BCUT2D eigenvalue weighted by Crippen LogP contribution is -2.43. The molecule has 28 heavy (non-hydrogen) atoms. The summed E-state index contributed by atoms with van der Waals surface area (Å²) in [5.41, 5.74) is 2.18. The van der Waals surface area contributed by atoms with Crippen LogP contribution >= 0.6 is 11.6 Å². The maximum absolute atomic E-state index is 13.1. The van der Waals surface area contributed by atoms with Gasteiger partial charge in [0.25, 0.3) is 0 Å². The Morgan fingerprint density at radius 1 is 1.04 bits per heavy atom. The molecule has 0 aliphatic carbocycles. The van der Waals surface area contributed by atoms with E-state index in [1.165, 1.54) is 4.90 Å². The van der Waals surface area contributed by atoms with Gasteiger partial charge < -0.3 is 14.9 Å². The Kier molecular flexibility index (Phi) is 4.81. The molecule has 2 aliphatic heterocycles. The van der Waals surface area contributed by atoms with Crippen molar-refractivity contribution in [1.82, 2.24) is 4.90 Å². The maximum Gasteiger partial charge on any atom is 0.312 e. The average Bonchev–Trinajstić information content (AvgIpc) is 3.08. The van der Waals surface area contributed by atoms with Gasteiger partial charge in [0, 0.05) is 26.1 Å². The third kappa shape index (κ3) is 3.24. The van der Waals surface area contributed by atoms with Crippen molar-refractivity contribution in [2.75, 3.05) is 18.0 Å². The first kappa shape index (κ1) is 18.5. The molecule has 0 saturated carbocycles. The van der Waals surface area contributed by atoms with Gasteiger partial charge in [-0.3, -0.25) is 14.4 Å². The molecule has 7 heteroatoms. The minimum atomic E-state index is -0.954. The number of nitrogens with zero attached hydrogens (tertiary/aromatic N) is 2. The molecular weight excluding hydrogens is 380 g/mol. The van der Waals surface area contributed by atoms with Gasteiger partial charge in [-0.1, -0.05) is 48.0 Å². The van der Waals surface area contributed by atoms with E-state index in [0.717, 1.165) is 11.1 Å². The number of anilines is 1. The molecular formula is C21H19ClN2O4. The number of aliphatic carboxylic acids is 1. The quantitative estimate of drug-likeness (QED) is 0.862. The monoisotopic (exact) mass is 398 g/mol. The fraction of sp³-hybridized carbons (Fsp3) is 0.286. The molecule has 2 heterocycles. The van der Waals surface area contributed by atoms with Gasteiger partial charge >= 0.3 is 5.97 Å². The van der Waals surface area contributed by atoms with E-state index in [4.69, 9.17) is 11.6 Å². The van der Waals surface area contributed by atoms with Crippen LogP contribution in [0, 0.1) is 5.92 Å². The van der Waals surface area contributed by atoms with Gasteiger partial charge in [-0.05, 0) is 23.3 Å². The van der Waals surface area contributed by atoms with E-state index in [2.05, 4.69) is 0 Å². The third-order valence-electron chi connectivity index (χ3n) is 5.42. The minimum Gasteiger partial charge on any atom is -0.481 e. The molecule has 0 spiro atoms. The first-order valence-electron chi connectivity index (χ1n) is 9.10. The van der Waals surface area contributed by atoms with E-state index in [9.17, 15) is 19.5 Å². The van der Waals surface area contributed by atoms with Crippen LogP contribution in [0.25, 0.3) is 0 Å². The van der Waals surface area contributed by atoms with Crippen LogP contribution in [-0.4, -0.2) is 40.9 Å². The van der Waals surface area contributed by atoms with Gasteiger partial charge in [0.1, 0.15) is 0 Å². The fourth-order valence-corrected chi connectivity index (χ4v) is 4.26. The zero-order valence-corrected chi connectivity index (χ0v) is 15.8. The number of carbonyl (C=O) groups excluding carboxylic acids is 2. The number of para-hydroxylation sites is 1. The summed E-state index contributed by atoms with van der Waals surface area (Å²) < 4.78 is 0. The predicted octanol–water partition coefficient (Wildman–Crippen LogP) is 2.90. The van der Waals surface area contributed by atoms with Crippen LogP contribution in [0.2, 0.25) is 5.02 Å². The van der Waals surface area contributed by atoms with Gasteiger partial charge in [0.15, 0.2) is 0 Å². The molecule has 0 aromatic heterocycles. The maximum atomic E-state index is 13.1. The van der Waals surface area contributed by atoms with Crippen LogP contribution < -0.4 is 4.90 Å². The van der Waals surface area contributed by atoms with E-state index >= 15 is 0 Å². The highest BCUT2D eigenvalue weighted by Crippen LogP contribution is 2.34. The summed E-state index contributed by atoms with van der Waals surface area (Å²) in [5.74, 6) is -2.57. The van der Waals surface area contributed by atoms with E-state index in [0.29, 0.717) is 17.3 Å². The summed E-state index contributed by atoms with van der Waals surface area (Å²) in [6, 6.07) is 14.3. The number of hydrogen-bond donors (Lipinski definition) is 1. The lowest BCUT2D eigenvalue weighted by molar-refractivity contribution is -0.142. The van der Waals surface area contributed by atoms with Crippen molar-refractivity contribution < 1.29 is 19.5 Å². The molecule has 1 N–H and O–H groups in total. The zero-order valence-electron chi connectivity index (χ0n) is 15.0. The number of benzene rings is 2. The number of carbonyl (C=O) groups is 3.